The molecule has 1 unspecified atom stereocenters. The van der Waals surface area contributed by atoms with Gasteiger partial charge in [0.1, 0.15) is 5.01 Å². The lowest BCUT2D eigenvalue weighted by molar-refractivity contribution is -0.120. The van der Waals surface area contributed by atoms with Crippen LogP contribution < -0.4 is 10.2 Å². The van der Waals surface area contributed by atoms with Crippen molar-refractivity contribution in [3.8, 4) is 10.6 Å². The summed E-state index contributed by atoms with van der Waals surface area (Å²) in [5.41, 5.74) is 4.26. The number of anilines is 2. The lowest BCUT2D eigenvalue weighted by Gasteiger charge is -2.34. The Morgan fingerprint density at radius 3 is 2.87 bits per heavy atom. The molecule has 5 rings (SSSR count). The molecule has 7 nitrogen and oxygen atoms in total. The molecule has 0 saturated carbocycles. The number of aromatic nitrogens is 4. The molecule has 1 aliphatic heterocycles. The van der Waals surface area contributed by atoms with Crippen LogP contribution in [-0.4, -0.2) is 39.2 Å². The Morgan fingerprint density at radius 2 is 2.00 bits per heavy atom. The number of fused-ring (bicyclic) bond motifs is 1. The molecular weight excluding hydrogens is 408 g/mol. The van der Waals surface area contributed by atoms with Gasteiger partial charge in [-0.25, -0.2) is 0 Å². The van der Waals surface area contributed by atoms with Crippen LogP contribution >= 0.6 is 11.3 Å². The Kier molecular flexibility index (Phi) is 5.30. The number of hydrogen-bond acceptors (Lipinski definition) is 7. The molecule has 0 radical (unpaired) electrons. The molecule has 0 bridgehead atoms. The number of benzene rings is 1. The highest BCUT2D eigenvalue weighted by Crippen LogP contribution is 2.31. The van der Waals surface area contributed by atoms with Crippen molar-refractivity contribution in [2.75, 3.05) is 23.3 Å². The summed E-state index contributed by atoms with van der Waals surface area (Å²) in [4.78, 5) is 23.8. The second-order valence-electron chi connectivity index (χ2n) is 7.77. The molecule has 1 fully saturated rings. The number of rotatable bonds is 4. The number of hydrogen-bond donors (Lipinski definition) is 1. The van der Waals surface area contributed by atoms with Gasteiger partial charge in [0.05, 0.1) is 11.4 Å². The van der Waals surface area contributed by atoms with Gasteiger partial charge in [-0.1, -0.05) is 23.0 Å². The summed E-state index contributed by atoms with van der Waals surface area (Å²) in [6, 6.07) is 12.1. The molecule has 0 spiro atoms. The SMILES string of the molecule is Cc1ccc2nccc(N3CCCC(C(=O)Nc4nnc(-c5ccncc5)s4)C3)c2c1. The minimum absolute atomic E-state index is 0.00308. The van der Waals surface area contributed by atoms with Gasteiger partial charge in [-0.05, 0) is 50.1 Å². The van der Waals surface area contributed by atoms with Crippen molar-refractivity contribution in [3.05, 3.63) is 60.6 Å². The average molecular weight is 431 g/mol. The monoisotopic (exact) mass is 430 g/mol. The number of carbonyl (C=O) groups excluding carboxylic acids is 1. The summed E-state index contributed by atoms with van der Waals surface area (Å²) >= 11 is 1.38. The van der Waals surface area contributed by atoms with Crippen molar-refractivity contribution in [1.29, 1.82) is 0 Å². The highest BCUT2D eigenvalue weighted by Gasteiger charge is 2.27. The maximum atomic E-state index is 13.0. The molecule has 31 heavy (non-hydrogen) atoms. The zero-order valence-corrected chi connectivity index (χ0v) is 18.0. The van der Waals surface area contributed by atoms with Gasteiger partial charge < -0.3 is 10.2 Å². The van der Waals surface area contributed by atoms with Crippen LogP contribution in [0.25, 0.3) is 21.5 Å². The van der Waals surface area contributed by atoms with Crippen molar-refractivity contribution in [3.63, 3.8) is 0 Å². The fourth-order valence-electron chi connectivity index (χ4n) is 4.02. The fraction of sp³-hybridized carbons (Fsp3) is 0.261. The molecular formula is C23H22N6OS. The summed E-state index contributed by atoms with van der Waals surface area (Å²) in [5.74, 6) is -0.105. The van der Waals surface area contributed by atoms with E-state index in [-0.39, 0.29) is 11.8 Å². The third-order valence-corrected chi connectivity index (χ3v) is 6.48. The highest BCUT2D eigenvalue weighted by atomic mass is 32.1. The Labute approximate surface area is 184 Å². The van der Waals surface area contributed by atoms with E-state index in [1.807, 2.05) is 24.4 Å². The van der Waals surface area contributed by atoms with Crippen LogP contribution in [0.5, 0.6) is 0 Å². The van der Waals surface area contributed by atoms with Gasteiger partial charge in [0.15, 0.2) is 0 Å². The van der Waals surface area contributed by atoms with Crippen LogP contribution in [-0.2, 0) is 4.79 Å². The molecule has 3 aromatic heterocycles. The van der Waals surface area contributed by atoms with E-state index >= 15 is 0 Å². The van der Waals surface area contributed by atoms with Gasteiger partial charge in [0, 0.05) is 48.3 Å². The third-order valence-electron chi connectivity index (χ3n) is 5.59. The molecule has 1 saturated heterocycles. The Hall–Kier alpha value is -3.39. The van der Waals surface area contributed by atoms with Crippen LogP contribution in [0.15, 0.2) is 55.0 Å². The number of amides is 1. The topological polar surface area (TPSA) is 83.9 Å². The first-order valence-electron chi connectivity index (χ1n) is 10.3. The van der Waals surface area contributed by atoms with E-state index < -0.39 is 0 Å². The molecule has 4 heterocycles. The Bertz CT molecular complexity index is 1230. The van der Waals surface area contributed by atoms with Crippen LogP contribution in [0, 0.1) is 12.8 Å². The lowest BCUT2D eigenvalue weighted by Crippen LogP contribution is -2.40. The molecule has 8 heteroatoms. The Balaban J connectivity index is 1.31. The standard InChI is InChI=1S/C23H22N6OS/c1-15-4-5-19-18(13-15)20(8-11-25-19)29-12-2-3-17(14-29)21(30)26-23-28-27-22(31-23)16-6-9-24-10-7-16/h4-11,13,17H,2-3,12,14H2,1H3,(H,26,28,30). The van der Waals surface area contributed by atoms with Gasteiger partial charge in [0.25, 0.3) is 0 Å². The third kappa shape index (κ3) is 4.11. The molecule has 1 N–H and O–H groups in total. The number of nitrogens with zero attached hydrogens (tertiary/aromatic N) is 5. The molecule has 0 aliphatic carbocycles. The highest BCUT2D eigenvalue weighted by molar-refractivity contribution is 7.18. The first-order chi connectivity index (χ1) is 15.2. The Morgan fingerprint density at radius 1 is 1.13 bits per heavy atom. The quantitative estimate of drug-likeness (QED) is 0.519. The average Bonchev–Trinajstić information content (AvgIpc) is 3.28. The van der Waals surface area contributed by atoms with Crippen LogP contribution in [0.4, 0.5) is 10.8 Å². The van der Waals surface area contributed by atoms with Gasteiger partial charge in [-0.3, -0.25) is 14.8 Å². The summed E-state index contributed by atoms with van der Waals surface area (Å²) in [7, 11) is 0. The van der Waals surface area contributed by atoms with Crippen LogP contribution in [0.3, 0.4) is 0 Å². The predicted octanol–water partition coefficient (Wildman–Crippen LogP) is 4.31. The second kappa shape index (κ2) is 8.39. The number of aryl methyl sites for hydroxylation is 1. The maximum Gasteiger partial charge on any atom is 0.231 e. The fourth-order valence-corrected chi connectivity index (χ4v) is 4.78. The van der Waals surface area contributed by atoms with Gasteiger partial charge in [-0.2, -0.15) is 0 Å². The molecule has 4 aromatic rings. The lowest BCUT2D eigenvalue weighted by atomic mass is 9.96. The molecule has 1 atom stereocenters. The minimum Gasteiger partial charge on any atom is -0.370 e. The minimum atomic E-state index is -0.102. The smallest absolute Gasteiger partial charge is 0.231 e. The van der Waals surface area contributed by atoms with Crippen molar-refractivity contribution in [2.45, 2.75) is 19.8 Å². The maximum absolute atomic E-state index is 13.0. The van der Waals surface area contributed by atoms with Crippen LogP contribution in [0.1, 0.15) is 18.4 Å². The number of piperidine rings is 1. The van der Waals surface area contributed by atoms with Gasteiger partial charge >= 0.3 is 0 Å². The van der Waals surface area contributed by atoms with E-state index in [1.54, 1.807) is 12.4 Å². The van der Waals surface area contributed by atoms with Crippen molar-refractivity contribution >= 4 is 39.0 Å². The largest absolute Gasteiger partial charge is 0.370 e. The zero-order valence-electron chi connectivity index (χ0n) is 17.2. The normalized spacial score (nSPS) is 16.4. The molecule has 1 aromatic carbocycles. The van der Waals surface area contributed by atoms with E-state index in [1.165, 1.54) is 16.9 Å². The predicted molar refractivity (Wildman–Crippen MR) is 123 cm³/mol. The first kappa shape index (κ1) is 19.6. The van der Waals surface area contributed by atoms with Crippen LogP contribution in [0.2, 0.25) is 0 Å². The molecule has 156 valence electrons. The van der Waals surface area contributed by atoms with E-state index in [2.05, 4.69) is 55.5 Å². The van der Waals surface area contributed by atoms with E-state index in [4.69, 9.17) is 0 Å². The van der Waals surface area contributed by atoms with Crippen molar-refractivity contribution in [1.82, 2.24) is 20.2 Å². The summed E-state index contributed by atoms with van der Waals surface area (Å²) in [6.07, 6.45) is 7.11. The summed E-state index contributed by atoms with van der Waals surface area (Å²) < 4.78 is 0. The number of pyridine rings is 2. The number of carbonyl (C=O) groups is 1. The van der Waals surface area contributed by atoms with Gasteiger partial charge in [-0.15, -0.1) is 10.2 Å². The first-order valence-corrected chi connectivity index (χ1v) is 11.1. The number of nitrogens with one attached hydrogen (secondary N) is 1. The summed E-state index contributed by atoms with van der Waals surface area (Å²) in [5, 5.41) is 13.7. The molecule has 1 aliphatic rings. The van der Waals surface area contributed by atoms with E-state index in [0.29, 0.717) is 11.7 Å². The van der Waals surface area contributed by atoms with E-state index in [9.17, 15) is 4.79 Å². The zero-order chi connectivity index (χ0) is 21.2. The van der Waals surface area contributed by atoms with E-state index in [0.717, 1.165) is 46.5 Å². The molecule has 1 amide bonds. The van der Waals surface area contributed by atoms with Gasteiger partial charge in [0.2, 0.25) is 11.0 Å². The van der Waals surface area contributed by atoms with Crippen molar-refractivity contribution < 1.29 is 4.79 Å². The second-order valence-corrected chi connectivity index (χ2v) is 8.75. The summed E-state index contributed by atoms with van der Waals surface area (Å²) in [6.45, 7) is 3.70. The van der Waals surface area contributed by atoms with Crippen molar-refractivity contribution in [2.24, 2.45) is 5.92 Å².